The summed E-state index contributed by atoms with van der Waals surface area (Å²) in [4.78, 5) is 15.1. The van der Waals surface area contributed by atoms with Gasteiger partial charge in [0.15, 0.2) is 0 Å². The number of benzene rings is 1. The third kappa shape index (κ3) is 2.12. The molecule has 1 saturated carbocycles. The molecule has 2 aromatic rings. The summed E-state index contributed by atoms with van der Waals surface area (Å²) in [6, 6.07) is 6.79. The lowest BCUT2D eigenvalue weighted by Crippen LogP contribution is -2.04. The number of nitrogens with zero attached hydrogens (tertiary/aromatic N) is 4. The van der Waals surface area contributed by atoms with Crippen molar-refractivity contribution >= 4 is 17.6 Å². The molecule has 7 heteroatoms. The standard InChI is InChI=1S/C13H9ClN4O2/c14-9-4-1-7(6-15)5-10(9)18-12(8-2-3-8)16-11(17-18)13(19)20/h1,4-5,8H,2-3H2,(H,19,20). The molecule has 20 heavy (non-hydrogen) atoms. The van der Waals surface area contributed by atoms with Gasteiger partial charge in [-0.05, 0) is 31.0 Å². The summed E-state index contributed by atoms with van der Waals surface area (Å²) in [5, 5.41) is 22.4. The number of nitriles is 1. The molecule has 3 rings (SSSR count). The van der Waals surface area contributed by atoms with Crippen LogP contribution in [-0.2, 0) is 0 Å². The Bertz CT molecular complexity index is 743. The molecule has 1 aliphatic carbocycles. The number of halogens is 1. The van der Waals surface area contributed by atoms with Crippen LogP contribution in [-0.4, -0.2) is 25.8 Å². The van der Waals surface area contributed by atoms with Gasteiger partial charge in [0.2, 0.25) is 0 Å². The summed E-state index contributed by atoms with van der Waals surface area (Å²) in [5.41, 5.74) is 0.908. The molecule has 0 aliphatic heterocycles. The molecule has 1 fully saturated rings. The number of aromatic nitrogens is 3. The molecule has 1 N–H and O–H groups in total. The third-order valence-corrected chi connectivity index (χ3v) is 3.39. The quantitative estimate of drug-likeness (QED) is 0.936. The maximum absolute atomic E-state index is 11.0. The van der Waals surface area contributed by atoms with Crippen molar-refractivity contribution in [3.8, 4) is 11.8 Å². The second-order valence-corrected chi connectivity index (χ2v) is 4.97. The number of hydrogen-bond acceptors (Lipinski definition) is 4. The van der Waals surface area contributed by atoms with Crippen molar-refractivity contribution in [3.63, 3.8) is 0 Å². The summed E-state index contributed by atoms with van der Waals surface area (Å²) in [7, 11) is 0. The first-order valence-electron chi connectivity index (χ1n) is 6.00. The lowest BCUT2D eigenvalue weighted by Gasteiger charge is -2.07. The number of carbonyl (C=O) groups is 1. The zero-order valence-electron chi connectivity index (χ0n) is 10.2. The maximum Gasteiger partial charge on any atom is 0.375 e. The van der Waals surface area contributed by atoms with E-state index in [0.717, 1.165) is 12.8 Å². The monoisotopic (exact) mass is 288 g/mol. The Balaban J connectivity index is 2.18. The van der Waals surface area contributed by atoms with E-state index in [0.29, 0.717) is 22.1 Å². The Kier molecular flexibility index (Phi) is 2.92. The highest BCUT2D eigenvalue weighted by atomic mass is 35.5. The molecule has 0 radical (unpaired) electrons. The molecule has 0 saturated heterocycles. The van der Waals surface area contributed by atoms with Crippen LogP contribution in [0.4, 0.5) is 0 Å². The normalized spacial score (nSPS) is 14.0. The van der Waals surface area contributed by atoms with E-state index in [-0.39, 0.29) is 11.7 Å². The number of carboxylic acid groups (broad SMARTS) is 1. The molecule has 1 aromatic carbocycles. The van der Waals surface area contributed by atoms with Gasteiger partial charge < -0.3 is 5.11 Å². The van der Waals surface area contributed by atoms with E-state index in [2.05, 4.69) is 10.1 Å². The molecule has 1 aliphatic rings. The molecule has 0 bridgehead atoms. The van der Waals surface area contributed by atoms with Crippen molar-refractivity contribution in [2.75, 3.05) is 0 Å². The fourth-order valence-corrected chi connectivity index (χ4v) is 2.14. The smallest absolute Gasteiger partial charge is 0.375 e. The van der Waals surface area contributed by atoms with Crippen LogP contribution in [0.2, 0.25) is 5.02 Å². The predicted molar refractivity (Wildman–Crippen MR) is 70.0 cm³/mol. The highest BCUT2D eigenvalue weighted by Gasteiger charge is 2.32. The third-order valence-electron chi connectivity index (χ3n) is 3.07. The molecule has 6 nitrogen and oxygen atoms in total. The molecule has 1 aromatic heterocycles. The van der Waals surface area contributed by atoms with Gasteiger partial charge in [-0.3, -0.25) is 0 Å². The minimum absolute atomic E-state index is 0.206. The summed E-state index contributed by atoms with van der Waals surface area (Å²) in [6.07, 6.45) is 1.90. The van der Waals surface area contributed by atoms with Gasteiger partial charge in [-0.1, -0.05) is 11.6 Å². The molecular weight excluding hydrogens is 280 g/mol. The van der Waals surface area contributed by atoms with Crippen molar-refractivity contribution in [1.82, 2.24) is 14.8 Å². The minimum atomic E-state index is -1.18. The van der Waals surface area contributed by atoms with Crippen molar-refractivity contribution < 1.29 is 9.90 Å². The van der Waals surface area contributed by atoms with Crippen LogP contribution in [0, 0.1) is 11.3 Å². The topological polar surface area (TPSA) is 91.8 Å². The Hall–Kier alpha value is -2.39. The first-order valence-corrected chi connectivity index (χ1v) is 6.38. The Labute approximate surface area is 119 Å². The van der Waals surface area contributed by atoms with Gasteiger partial charge in [-0.25, -0.2) is 14.5 Å². The van der Waals surface area contributed by atoms with Gasteiger partial charge in [-0.15, -0.1) is 5.10 Å². The molecule has 0 spiro atoms. The van der Waals surface area contributed by atoms with Crippen LogP contribution in [0.15, 0.2) is 18.2 Å². The van der Waals surface area contributed by atoms with Gasteiger partial charge in [0.25, 0.3) is 5.82 Å². The number of carboxylic acids is 1. The fraction of sp³-hybridized carbons (Fsp3) is 0.231. The van der Waals surface area contributed by atoms with Gasteiger partial charge in [0, 0.05) is 5.92 Å². The van der Waals surface area contributed by atoms with Gasteiger partial charge in [-0.2, -0.15) is 5.26 Å². The zero-order valence-corrected chi connectivity index (χ0v) is 11.0. The van der Waals surface area contributed by atoms with Crippen LogP contribution >= 0.6 is 11.6 Å². The SMILES string of the molecule is N#Cc1ccc(Cl)c(-n2nc(C(=O)O)nc2C2CC2)c1. The van der Waals surface area contributed by atoms with Crippen LogP contribution in [0.1, 0.15) is 40.8 Å². The average molecular weight is 289 g/mol. The van der Waals surface area contributed by atoms with E-state index >= 15 is 0 Å². The van der Waals surface area contributed by atoms with Crippen molar-refractivity contribution in [3.05, 3.63) is 40.4 Å². The van der Waals surface area contributed by atoms with E-state index in [1.165, 1.54) is 4.68 Å². The lowest BCUT2D eigenvalue weighted by molar-refractivity contribution is 0.0683. The number of hydrogen-bond donors (Lipinski definition) is 1. The van der Waals surface area contributed by atoms with Gasteiger partial charge >= 0.3 is 5.97 Å². The molecule has 0 atom stereocenters. The highest BCUT2D eigenvalue weighted by Crippen LogP contribution is 2.40. The van der Waals surface area contributed by atoms with Crippen LogP contribution in [0.3, 0.4) is 0 Å². The van der Waals surface area contributed by atoms with E-state index < -0.39 is 5.97 Å². The minimum Gasteiger partial charge on any atom is -0.475 e. The maximum atomic E-state index is 11.0. The van der Waals surface area contributed by atoms with Crippen molar-refractivity contribution in [2.24, 2.45) is 0 Å². The fourth-order valence-electron chi connectivity index (χ4n) is 1.94. The summed E-state index contributed by atoms with van der Waals surface area (Å²) in [5.74, 6) is -0.652. The van der Waals surface area contributed by atoms with Gasteiger partial charge in [0.05, 0.1) is 22.3 Å². The molecule has 1 heterocycles. The lowest BCUT2D eigenvalue weighted by atomic mass is 10.2. The van der Waals surface area contributed by atoms with Crippen LogP contribution in [0.5, 0.6) is 0 Å². The first-order chi connectivity index (χ1) is 9.60. The van der Waals surface area contributed by atoms with Crippen LogP contribution < -0.4 is 0 Å². The van der Waals surface area contributed by atoms with Crippen molar-refractivity contribution in [2.45, 2.75) is 18.8 Å². The Morgan fingerprint density at radius 1 is 1.50 bits per heavy atom. The van der Waals surface area contributed by atoms with E-state index in [1.54, 1.807) is 18.2 Å². The largest absolute Gasteiger partial charge is 0.475 e. The summed E-state index contributed by atoms with van der Waals surface area (Å²) in [6.45, 7) is 0. The summed E-state index contributed by atoms with van der Waals surface area (Å²) >= 11 is 6.13. The highest BCUT2D eigenvalue weighted by molar-refractivity contribution is 6.32. The number of aromatic carboxylic acids is 1. The molecule has 100 valence electrons. The average Bonchev–Trinajstić information content (AvgIpc) is 3.18. The second-order valence-electron chi connectivity index (χ2n) is 4.56. The van der Waals surface area contributed by atoms with Crippen LogP contribution in [0.25, 0.3) is 5.69 Å². The van der Waals surface area contributed by atoms with Gasteiger partial charge in [0.1, 0.15) is 5.82 Å². The molecule has 0 unspecified atom stereocenters. The zero-order chi connectivity index (χ0) is 14.3. The predicted octanol–water partition coefficient (Wildman–Crippen LogP) is 2.37. The Morgan fingerprint density at radius 2 is 2.25 bits per heavy atom. The van der Waals surface area contributed by atoms with E-state index in [9.17, 15) is 4.79 Å². The second kappa shape index (κ2) is 4.62. The molecule has 0 amide bonds. The number of rotatable bonds is 3. The van der Waals surface area contributed by atoms with E-state index in [4.69, 9.17) is 22.0 Å². The van der Waals surface area contributed by atoms with Crippen molar-refractivity contribution in [1.29, 1.82) is 5.26 Å². The Morgan fingerprint density at radius 3 is 2.85 bits per heavy atom. The first kappa shape index (κ1) is 12.6. The van der Waals surface area contributed by atoms with E-state index in [1.807, 2.05) is 6.07 Å². The molecular formula is C13H9ClN4O2. The summed E-state index contributed by atoms with van der Waals surface area (Å²) < 4.78 is 1.43.